The van der Waals surface area contributed by atoms with Gasteiger partial charge in [0.15, 0.2) is 11.6 Å². The number of nitrogens with one attached hydrogen (secondary N) is 1. The molecule has 0 aliphatic carbocycles. The number of nitrogen functional groups attached to an aromatic ring is 1. The van der Waals surface area contributed by atoms with E-state index in [9.17, 15) is 0 Å². The van der Waals surface area contributed by atoms with E-state index in [4.69, 9.17) is 5.73 Å². The highest BCUT2D eigenvalue weighted by Crippen LogP contribution is 2.28. The van der Waals surface area contributed by atoms with Crippen LogP contribution in [0.1, 0.15) is 30.6 Å². The van der Waals surface area contributed by atoms with Crippen LogP contribution in [0, 0.1) is 0 Å². The Morgan fingerprint density at radius 1 is 1.18 bits per heavy atom. The maximum absolute atomic E-state index is 6.30. The van der Waals surface area contributed by atoms with Crippen LogP contribution in [-0.4, -0.2) is 29.6 Å². The van der Waals surface area contributed by atoms with Gasteiger partial charge in [0.2, 0.25) is 0 Å². The van der Waals surface area contributed by atoms with Gasteiger partial charge < -0.3 is 16.0 Å². The molecule has 0 saturated carbocycles. The second-order valence-corrected chi connectivity index (χ2v) is 6.65. The Labute approximate surface area is 135 Å². The molecule has 0 bridgehead atoms. The van der Waals surface area contributed by atoms with Gasteiger partial charge in [0.25, 0.3) is 0 Å². The molecule has 6 heteroatoms. The first-order valence-corrected chi connectivity index (χ1v) is 8.84. The molecule has 0 amide bonds. The van der Waals surface area contributed by atoms with E-state index >= 15 is 0 Å². The zero-order valence-electron chi connectivity index (χ0n) is 12.8. The number of thiophene rings is 1. The summed E-state index contributed by atoms with van der Waals surface area (Å²) in [4.78, 5) is 12.4. The Balaban J connectivity index is 1.65. The highest BCUT2D eigenvalue weighted by molar-refractivity contribution is 7.09. The largest absolute Gasteiger partial charge is 0.393 e. The summed E-state index contributed by atoms with van der Waals surface area (Å²) < 4.78 is 0. The molecular formula is C16H23N5S. The van der Waals surface area contributed by atoms with Gasteiger partial charge in [-0.1, -0.05) is 18.9 Å². The van der Waals surface area contributed by atoms with Gasteiger partial charge in [-0.25, -0.2) is 9.97 Å². The maximum Gasteiger partial charge on any atom is 0.157 e. The highest BCUT2D eigenvalue weighted by Gasteiger charge is 2.16. The lowest BCUT2D eigenvalue weighted by atomic mass is 10.2. The highest BCUT2D eigenvalue weighted by atomic mass is 32.1. The van der Waals surface area contributed by atoms with Crippen molar-refractivity contribution in [2.24, 2.45) is 0 Å². The summed E-state index contributed by atoms with van der Waals surface area (Å²) in [6.07, 6.45) is 7.63. The van der Waals surface area contributed by atoms with Crippen LogP contribution in [0.4, 0.5) is 17.3 Å². The average Bonchev–Trinajstić information content (AvgIpc) is 2.90. The fourth-order valence-electron chi connectivity index (χ4n) is 2.82. The van der Waals surface area contributed by atoms with Crippen molar-refractivity contribution < 1.29 is 0 Å². The van der Waals surface area contributed by atoms with Gasteiger partial charge in [-0.2, -0.15) is 0 Å². The number of anilines is 3. The number of nitrogens with zero attached hydrogens (tertiary/aromatic N) is 3. The standard InChI is InChI=1S/C16H23N5S/c17-14-15(18-8-7-13-6-5-11-22-13)19-12-20-16(14)21-9-3-1-2-4-10-21/h5-6,11-12H,1-4,7-10,17H2,(H,18,19,20). The Bertz CT molecular complexity index is 576. The van der Waals surface area contributed by atoms with Gasteiger partial charge in [0.05, 0.1) is 0 Å². The van der Waals surface area contributed by atoms with Crippen molar-refractivity contribution in [2.75, 3.05) is 35.6 Å². The van der Waals surface area contributed by atoms with Crippen LogP contribution in [0.2, 0.25) is 0 Å². The lowest BCUT2D eigenvalue weighted by molar-refractivity contribution is 0.726. The molecule has 1 fully saturated rings. The van der Waals surface area contributed by atoms with Crippen molar-refractivity contribution in [3.05, 3.63) is 28.7 Å². The van der Waals surface area contributed by atoms with E-state index in [1.54, 1.807) is 17.7 Å². The van der Waals surface area contributed by atoms with Gasteiger partial charge in [-0.15, -0.1) is 11.3 Å². The zero-order chi connectivity index (χ0) is 15.2. The molecule has 2 aromatic heterocycles. The molecule has 1 saturated heterocycles. The Morgan fingerprint density at radius 3 is 2.73 bits per heavy atom. The van der Waals surface area contributed by atoms with E-state index in [1.165, 1.54) is 30.6 Å². The van der Waals surface area contributed by atoms with E-state index in [2.05, 4.69) is 37.7 Å². The lowest BCUT2D eigenvalue weighted by Gasteiger charge is -2.23. The molecule has 22 heavy (non-hydrogen) atoms. The molecular weight excluding hydrogens is 294 g/mol. The van der Waals surface area contributed by atoms with E-state index in [-0.39, 0.29) is 0 Å². The van der Waals surface area contributed by atoms with Crippen LogP contribution >= 0.6 is 11.3 Å². The Kier molecular flexibility index (Phi) is 5.11. The monoisotopic (exact) mass is 317 g/mol. The molecule has 0 atom stereocenters. The quantitative estimate of drug-likeness (QED) is 0.886. The number of hydrogen-bond donors (Lipinski definition) is 2. The first kappa shape index (κ1) is 15.1. The summed E-state index contributed by atoms with van der Waals surface area (Å²) in [5.41, 5.74) is 6.97. The molecule has 118 valence electrons. The fourth-order valence-corrected chi connectivity index (χ4v) is 3.53. The summed E-state index contributed by atoms with van der Waals surface area (Å²) in [5, 5.41) is 5.45. The molecule has 2 aromatic rings. The summed E-state index contributed by atoms with van der Waals surface area (Å²) in [6.45, 7) is 2.91. The summed E-state index contributed by atoms with van der Waals surface area (Å²) >= 11 is 1.78. The van der Waals surface area contributed by atoms with Gasteiger partial charge in [-0.3, -0.25) is 0 Å². The van der Waals surface area contributed by atoms with Gasteiger partial charge in [-0.05, 0) is 30.7 Å². The predicted molar refractivity (Wildman–Crippen MR) is 93.6 cm³/mol. The Hall–Kier alpha value is -1.82. The van der Waals surface area contributed by atoms with Crippen LogP contribution in [0.25, 0.3) is 0 Å². The fraction of sp³-hybridized carbons (Fsp3) is 0.500. The number of hydrogen-bond acceptors (Lipinski definition) is 6. The van der Waals surface area contributed by atoms with E-state index in [0.29, 0.717) is 5.69 Å². The Morgan fingerprint density at radius 2 is 2.00 bits per heavy atom. The molecule has 3 heterocycles. The van der Waals surface area contributed by atoms with Crippen molar-refractivity contribution in [1.29, 1.82) is 0 Å². The predicted octanol–water partition coefficient (Wildman–Crippen LogP) is 3.16. The van der Waals surface area contributed by atoms with E-state index in [1.807, 2.05) is 0 Å². The lowest BCUT2D eigenvalue weighted by Crippen LogP contribution is -2.26. The minimum absolute atomic E-state index is 0.676. The van der Waals surface area contributed by atoms with Crippen molar-refractivity contribution in [1.82, 2.24) is 9.97 Å². The SMILES string of the molecule is Nc1c(NCCc2cccs2)ncnc1N1CCCCCC1. The zero-order valence-corrected chi connectivity index (χ0v) is 13.6. The third-order valence-corrected chi connectivity index (χ3v) is 4.95. The molecule has 3 N–H and O–H groups in total. The molecule has 1 aliphatic heterocycles. The topological polar surface area (TPSA) is 67.1 Å². The van der Waals surface area contributed by atoms with E-state index < -0.39 is 0 Å². The second-order valence-electron chi connectivity index (χ2n) is 5.62. The van der Waals surface area contributed by atoms with Gasteiger partial charge in [0, 0.05) is 24.5 Å². The molecule has 0 radical (unpaired) electrons. The van der Waals surface area contributed by atoms with E-state index in [0.717, 1.165) is 37.7 Å². The average molecular weight is 317 g/mol. The maximum atomic E-state index is 6.30. The first-order valence-electron chi connectivity index (χ1n) is 7.96. The van der Waals surface area contributed by atoms with Crippen molar-refractivity contribution in [3.63, 3.8) is 0 Å². The normalized spacial score (nSPS) is 15.5. The number of rotatable bonds is 5. The molecule has 1 aliphatic rings. The smallest absolute Gasteiger partial charge is 0.157 e. The van der Waals surface area contributed by atoms with Gasteiger partial charge >= 0.3 is 0 Å². The van der Waals surface area contributed by atoms with Gasteiger partial charge in [0.1, 0.15) is 12.0 Å². The van der Waals surface area contributed by atoms with Crippen LogP contribution in [-0.2, 0) is 6.42 Å². The molecule has 0 spiro atoms. The van der Waals surface area contributed by atoms with Crippen LogP contribution in [0.15, 0.2) is 23.8 Å². The molecule has 0 unspecified atom stereocenters. The number of aromatic nitrogens is 2. The number of nitrogens with two attached hydrogens (primary N) is 1. The first-order chi connectivity index (χ1) is 10.8. The summed E-state index contributed by atoms with van der Waals surface area (Å²) in [5.74, 6) is 1.64. The van der Waals surface area contributed by atoms with Crippen LogP contribution in [0.3, 0.4) is 0 Å². The molecule has 0 aromatic carbocycles. The minimum atomic E-state index is 0.676. The van der Waals surface area contributed by atoms with Crippen LogP contribution < -0.4 is 16.0 Å². The van der Waals surface area contributed by atoms with Crippen LogP contribution in [0.5, 0.6) is 0 Å². The molecule has 3 rings (SSSR count). The van der Waals surface area contributed by atoms with Crippen molar-refractivity contribution in [2.45, 2.75) is 32.1 Å². The molecule has 5 nitrogen and oxygen atoms in total. The second kappa shape index (κ2) is 7.45. The third-order valence-electron chi connectivity index (χ3n) is 4.01. The third kappa shape index (κ3) is 3.68. The van der Waals surface area contributed by atoms with Crippen molar-refractivity contribution >= 4 is 28.7 Å². The van der Waals surface area contributed by atoms with Crippen molar-refractivity contribution in [3.8, 4) is 0 Å². The summed E-state index contributed by atoms with van der Waals surface area (Å²) in [6, 6.07) is 4.23. The summed E-state index contributed by atoms with van der Waals surface area (Å²) in [7, 11) is 0. The minimum Gasteiger partial charge on any atom is -0.393 e.